The van der Waals surface area contributed by atoms with Gasteiger partial charge in [0.25, 0.3) is 5.91 Å². The van der Waals surface area contributed by atoms with Crippen LogP contribution in [-0.4, -0.2) is 35.5 Å². The highest BCUT2D eigenvalue weighted by molar-refractivity contribution is 5.94. The average Bonchev–Trinajstić information content (AvgIpc) is 2.27. The number of hydrogen-bond donors (Lipinski definition) is 2. The summed E-state index contributed by atoms with van der Waals surface area (Å²) in [5, 5.41) is 9.29. The molecule has 0 radical (unpaired) electrons. The van der Waals surface area contributed by atoms with E-state index in [4.69, 9.17) is 5.73 Å². The van der Waals surface area contributed by atoms with Crippen LogP contribution in [0.5, 0.6) is 5.75 Å². The van der Waals surface area contributed by atoms with E-state index in [9.17, 15) is 9.90 Å². The lowest BCUT2D eigenvalue weighted by Gasteiger charge is -2.24. The average molecular weight is 222 g/mol. The van der Waals surface area contributed by atoms with Crippen LogP contribution < -0.4 is 5.73 Å². The Labute approximate surface area is 95.7 Å². The van der Waals surface area contributed by atoms with Gasteiger partial charge < -0.3 is 15.7 Å². The lowest BCUT2D eigenvalue weighted by Crippen LogP contribution is -2.36. The van der Waals surface area contributed by atoms with Crippen LogP contribution >= 0.6 is 0 Å². The number of phenols is 1. The number of hydrogen-bond acceptors (Lipinski definition) is 3. The largest absolute Gasteiger partial charge is 0.508 e. The molecule has 1 rings (SSSR count). The maximum Gasteiger partial charge on any atom is 0.253 e. The number of nitrogens with two attached hydrogens (primary N) is 1. The van der Waals surface area contributed by atoms with E-state index in [-0.39, 0.29) is 17.7 Å². The molecule has 0 aliphatic rings. The van der Waals surface area contributed by atoms with Crippen molar-refractivity contribution >= 4 is 5.91 Å². The normalized spacial score (nSPS) is 12.2. The predicted molar refractivity (Wildman–Crippen MR) is 63.3 cm³/mol. The maximum absolute atomic E-state index is 12.0. The molecule has 4 nitrogen and oxygen atoms in total. The highest BCUT2D eigenvalue weighted by Gasteiger charge is 2.16. The molecule has 0 saturated carbocycles. The first-order chi connectivity index (χ1) is 7.56. The molecular weight excluding hydrogens is 204 g/mol. The second kappa shape index (κ2) is 5.51. The summed E-state index contributed by atoms with van der Waals surface area (Å²) in [6.07, 6.45) is 0.765. The molecule has 0 bridgehead atoms. The van der Waals surface area contributed by atoms with Crippen LogP contribution in [0.2, 0.25) is 0 Å². The van der Waals surface area contributed by atoms with Gasteiger partial charge in [-0.1, -0.05) is 6.07 Å². The summed E-state index contributed by atoms with van der Waals surface area (Å²) < 4.78 is 0. The quantitative estimate of drug-likeness (QED) is 0.804. The maximum atomic E-state index is 12.0. The number of phenolic OH excluding ortho intramolecular Hbond substituents is 1. The van der Waals surface area contributed by atoms with E-state index in [0.29, 0.717) is 12.1 Å². The standard InChI is InChI=1S/C12H18N2O2/c1-9(6-7-13)14(2)12(16)10-4-3-5-11(15)8-10/h3-5,8-9,15H,6-7,13H2,1-2H3. The summed E-state index contributed by atoms with van der Waals surface area (Å²) in [6.45, 7) is 2.51. The van der Waals surface area contributed by atoms with Gasteiger partial charge in [-0.15, -0.1) is 0 Å². The number of amides is 1. The Kier molecular flexibility index (Phi) is 4.31. The Morgan fingerprint density at radius 1 is 1.56 bits per heavy atom. The molecule has 4 heteroatoms. The van der Waals surface area contributed by atoms with Gasteiger partial charge in [-0.05, 0) is 38.1 Å². The zero-order valence-corrected chi connectivity index (χ0v) is 9.68. The van der Waals surface area contributed by atoms with Gasteiger partial charge in [-0.2, -0.15) is 0 Å². The molecule has 0 fully saturated rings. The Balaban J connectivity index is 2.77. The minimum absolute atomic E-state index is 0.0971. The monoisotopic (exact) mass is 222 g/mol. The molecule has 88 valence electrons. The van der Waals surface area contributed by atoms with Crippen LogP contribution in [0.4, 0.5) is 0 Å². The number of aromatic hydroxyl groups is 1. The van der Waals surface area contributed by atoms with Crippen molar-refractivity contribution in [1.29, 1.82) is 0 Å². The molecule has 3 N–H and O–H groups in total. The summed E-state index contributed by atoms with van der Waals surface area (Å²) >= 11 is 0. The highest BCUT2D eigenvalue weighted by atomic mass is 16.3. The summed E-state index contributed by atoms with van der Waals surface area (Å²) in [6, 6.07) is 6.45. The topological polar surface area (TPSA) is 66.6 Å². The summed E-state index contributed by atoms with van der Waals surface area (Å²) in [7, 11) is 1.74. The number of rotatable bonds is 4. The van der Waals surface area contributed by atoms with Crippen molar-refractivity contribution in [2.75, 3.05) is 13.6 Å². The van der Waals surface area contributed by atoms with Gasteiger partial charge in [0.2, 0.25) is 0 Å². The molecule has 0 heterocycles. The van der Waals surface area contributed by atoms with Crippen LogP contribution in [0.3, 0.4) is 0 Å². The van der Waals surface area contributed by atoms with Crippen LogP contribution in [-0.2, 0) is 0 Å². The van der Waals surface area contributed by atoms with Crippen molar-refractivity contribution in [3.63, 3.8) is 0 Å². The number of carbonyl (C=O) groups excluding carboxylic acids is 1. The van der Waals surface area contributed by atoms with E-state index in [0.717, 1.165) is 6.42 Å². The van der Waals surface area contributed by atoms with Crippen LogP contribution in [0.25, 0.3) is 0 Å². The molecule has 0 saturated heterocycles. The Bertz CT molecular complexity index is 366. The smallest absolute Gasteiger partial charge is 0.253 e. The fourth-order valence-corrected chi connectivity index (χ4v) is 1.48. The van der Waals surface area contributed by atoms with E-state index < -0.39 is 0 Å². The van der Waals surface area contributed by atoms with Crippen molar-refractivity contribution in [3.8, 4) is 5.75 Å². The Morgan fingerprint density at radius 3 is 2.81 bits per heavy atom. The molecule has 16 heavy (non-hydrogen) atoms. The summed E-state index contributed by atoms with van der Waals surface area (Å²) in [4.78, 5) is 13.6. The van der Waals surface area contributed by atoms with Crippen molar-refractivity contribution in [2.45, 2.75) is 19.4 Å². The summed E-state index contributed by atoms with van der Waals surface area (Å²) in [5.41, 5.74) is 5.94. The molecule has 0 aliphatic heterocycles. The van der Waals surface area contributed by atoms with Crippen molar-refractivity contribution in [3.05, 3.63) is 29.8 Å². The van der Waals surface area contributed by atoms with E-state index >= 15 is 0 Å². The molecule has 0 aromatic heterocycles. The molecule has 1 aromatic carbocycles. The van der Waals surface area contributed by atoms with Crippen LogP contribution in [0.15, 0.2) is 24.3 Å². The first-order valence-corrected chi connectivity index (χ1v) is 5.32. The minimum Gasteiger partial charge on any atom is -0.508 e. The van der Waals surface area contributed by atoms with Gasteiger partial charge in [0.05, 0.1) is 0 Å². The Morgan fingerprint density at radius 2 is 2.25 bits per heavy atom. The molecule has 1 unspecified atom stereocenters. The van der Waals surface area contributed by atoms with E-state index in [1.54, 1.807) is 30.1 Å². The third kappa shape index (κ3) is 2.97. The van der Waals surface area contributed by atoms with Crippen molar-refractivity contribution in [2.24, 2.45) is 5.73 Å². The zero-order chi connectivity index (χ0) is 12.1. The van der Waals surface area contributed by atoms with Crippen molar-refractivity contribution < 1.29 is 9.90 Å². The van der Waals surface area contributed by atoms with Crippen molar-refractivity contribution in [1.82, 2.24) is 4.90 Å². The Hall–Kier alpha value is -1.55. The molecular formula is C12H18N2O2. The SMILES string of the molecule is CC(CCN)N(C)C(=O)c1cccc(O)c1. The zero-order valence-electron chi connectivity index (χ0n) is 9.68. The number of nitrogens with zero attached hydrogens (tertiary/aromatic N) is 1. The first kappa shape index (κ1) is 12.5. The van der Waals surface area contributed by atoms with Gasteiger partial charge >= 0.3 is 0 Å². The van der Waals surface area contributed by atoms with E-state index in [2.05, 4.69) is 0 Å². The van der Waals surface area contributed by atoms with Gasteiger partial charge in [0, 0.05) is 18.7 Å². The lowest BCUT2D eigenvalue weighted by molar-refractivity contribution is 0.0738. The first-order valence-electron chi connectivity index (χ1n) is 5.32. The second-order valence-electron chi connectivity index (χ2n) is 3.89. The van der Waals surface area contributed by atoms with Crippen LogP contribution in [0.1, 0.15) is 23.7 Å². The summed E-state index contributed by atoms with van der Waals surface area (Å²) in [5.74, 6) is 0.00239. The fourth-order valence-electron chi connectivity index (χ4n) is 1.48. The van der Waals surface area contributed by atoms with Crippen LogP contribution in [0, 0.1) is 0 Å². The number of benzene rings is 1. The molecule has 1 atom stereocenters. The third-order valence-electron chi connectivity index (χ3n) is 2.66. The van der Waals surface area contributed by atoms with Gasteiger partial charge in [0.1, 0.15) is 5.75 Å². The second-order valence-corrected chi connectivity index (χ2v) is 3.89. The molecule has 1 amide bonds. The minimum atomic E-state index is -0.100. The van der Waals surface area contributed by atoms with E-state index in [1.165, 1.54) is 6.07 Å². The lowest BCUT2D eigenvalue weighted by atomic mass is 10.1. The van der Waals surface area contributed by atoms with Gasteiger partial charge in [-0.25, -0.2) is 0 Å². The van der Waals surface area contributed by atoms with Gasteiger partial charge in [0.15, 0.2) is 0 Å². The fraction of sp³-hybridized carbons (Fsp3) is 0.417. The third-order valence-corrected chi connectivity index (χ3v) is 2.66. The molecule has 0 spiro atoms. The molecule has 1 aromatic rings. The van der Waals surface area contributed by atoms with Gasteiger partial charge in [-0.3, -0.25) is 4.79 Å². The van der Waals surface area contributed by atoms with E-state index in [1.807, 2.05) is 6.92 Å². The number of carbonyl (C=O) groups is 1. The molecule has 0 aliphatic carbocycles. The predicted octanol–water partition coefficient (Wildman–Crippen LogP) is 1.20. The highest BCUT2D eigenvalue weighted by Crippen LogP contribution is 2.14.